The van der Waals surface area contributed by atoms with Crippen molar-refractivity contribution in [3.8, 4) is 6.07 Å². The van der Waals surface area contributed by atoms with Crippen LogP contribution in [0.25, 0.3) is 0 Å². The smallest absolute Gasteiger partial charge is 0.256 e. The summed E-state index contributed by atoms with van der Waals surface area (Å²) < 4.78 is 11.6. The first kappa shape index (κ1) is 19.5. The number of carbonyl (C=O) groups excluding carboxylic acids is 1. The molecule has 0 unspecified atom stereocenters. The van der Waals surface area contributed by atoms with Gasteiger partial charge in [-0.25, -0.2) is 4.98 Å². The Balaban J connectivity index is 1.61. The third-order valence-electron chi connectivity index (χ3n) is 5.31. The Bertz CT molecular complexity index is 862. The predicted octanol–water partition coefficient (Wildman–Crippen LogP) is 1.26. The van der Waals surface area contributed by atoms with Gasteiger partial charge in [-0.1, -0.05) is 6.07 Å². The molecule has 0 saturated carbocycles. The van der Waals surface area contributed by atoms with Gasteiger partial charge in [0, 0.05) is 44.8 Å². The lowest BCUT2D eigenvalue weighted by Gasteiger charge is -2.43. The van der Waals surface area contributed by atoms with Crippen molar-refractivity contribution < 1.29 is 14.3 Å². The fourth-order valence-corrected chi connectivity index (χ4v) is 3.85. The Morgan fingerprint density at radius 1 is 1.17 bits per heavy atom. The number of amides is 1. The average molecular weight is 393 g/mol. The fraction of sp³-hybridized carbons (Fsp3) is 0.429. The van der Waals surface area contributed by atoms with Crippen LogP contribution in [-0.4, -0.2) is 77.8 Å². The molecule has 2 aromatic rings. The molecule has 2 aliphatic rings. The van der Waals surface area contributed by atoms with Crippen molar-refractivity contribution in [2.45, 2.75) is 12.1 Å². The predicted molar refractivity (Wildman–Crippen MR) is 104 cm³/mol. The molecule has 8 heteroatoms. The van der Waals surface area contributed by atoms with Gasteiger partial charge < -0.3 is 14.4 Å². The first-order valence-corrected chi connectivity index (χ1v) is 9.75. The maximum atomic E-state index is 13.3. The van der Waals surface area contributed by atoms with Crippen LogP contribution in [0, 0.1) is 11.3 Å². The number of pyridine rings is 2. The van der Waals surface area contributed by atoms with Crippen LogP contribution in [0.2, 0.25) is 0 Å². The molecule has 2 aliphatic heterocycles. The van der Waals surface area contributed by atoms with Crippen molar-refractivity contribution in [1.29, 1.82) is 5.26 Å². The van der Waals surface area contributed by atoms with Gasteiger partial charge in [-0.05, 0) is 23.8 Å². The molecule has 0 aromatic carbocycles. The second-order valence-corrected chi connectivity index (χ2v) is 7.10. The molecule has 2 atom stereocenters. The summed E-state index contributed by atoms with van der Waals surface area (Å²) >= 11 is 0. The molecular formula is C21H23N5O3. The number of nitriles is 1. The monoisotopic (exact) mass is 393 g/mol. The molecule has 8 nitrogen and oxygen atoms in total. The van der Waals surface area contributed by atoms with E-state index in [9.17, 15) is 4.79 Å². The quantitative estimate of drug-likeness (QED) is 0.772. The summed E-state index contributed by atoms with van der Waals surface area (Å²) in [4.78, 5) is 25.8. The van der Waals surface area contributed by atoms with E-state index in [0.717, 1.165) is 25.2 Å². The molecule has 29 heavy (non-hydrogen) atoms. The Morgan fingerprint density at radius 2 is 2.03 bits per heavy atom. The van der Waals surface area contributed by atoms with E-state index >= 15 is 0 Å². The van der Waals surface area contributed by atoms with Gasteiger partial charge in [0.25, 0.3) is 5.91 Å². The minimum atomic E-state index is -0.247. The summed E-state index contributed by atoms with van der Waals surface area (Å²) in [6.45, 7) is 4.81. The number of ether oxygens (including phenoxy) is 2. The molecule has 0 aliphatic carbocycles. The lowest BCUT2D eigenvalue weighted by Crippen LogP contribution is -2.53. The molecule has 2 aromatic heterocycles. The first-order valence-electron chi connectivity index (χ1n) is 9.75. The lowest BCUT2D eigenvalue weighted by molar-refractivity contribution is -0.0819. The zero-order valence-electron chi connectivity index (χ0n) is 16.1. The Kier molecular flexibility index (Phi) is 6.10. The maximum absolute atomic E-state index is 13.3. The molecule has 0 bridgehead atoms. The lowest BCUT2D eigenvalue weighted by atomic mass is 9.98. The third kappa shape index (κ3) is 4.43. The molecule has 2 saturated heterocycles. The molecular weight excluding hydrogens is 370 g/mol. The summed E-state index contributed by atoms with van der Waals surface area (Å²) in [7, 11) is 0. The van der Waals surface area contributed by atoms with Crippen molar-refractivity contribution in [3.05, 3.63) is 59.7 Å². The number of morpholine rings is 2. The van der Waals surface area contributed by atoms with Crippen molar-refractivity contribution in [1.82, 2.24) is 19.8 Å². The zero-order valence-corrected chi connectivity index (χ0v) is 16.1. The molecule has 4 heterocycles. The zero-order chi connectivity index (χ0) is 20.1. The van der Waals surface area contributed by atoms with Crippen molar-refractivity contribution >= 4 is 5.91 Å². The van der Waals surface area contributed by atoms with Crippen molar-refractivity contribution in [3.63, 3.8) is 0 Å². The largest absolute Gasteiger partial charge is 0.379 e. The fourth-order valence-electron chi connectivity index (χ4n) is 3.85. The van der Waals surface area contributed by atoms with Crippen LogP contribution in [-0.2, 0) is 9.47 Å². The maximum Gasteiger partial charge on any atom is 0.256 e. The van der Waals surface area contributed by atoms with Gasteiger partial charge in [-0.3, -0.25) is 14.7 Å². The van der Waals surface area contributed by atoms with E-state index in [2.05, 4.69) is 14.9 Å². The topological polar surface area (TPSA) is 91.6 Å². The van der Waals surface area contributed by atoms with Crippen LogP contribution in [0.15, 0.2) is 42.9 Å². The van der Waals surface area contributed by atoms with Crippen LogP contribution in [0.5, 0.6) is 0 Å². The number of rotatable bonds is 4. The van der Waals surface area contributed by atoms with Gasteiger partial charge in [0.15, 0.2) is 0 Å². The van der Waals surface area contributed by atoms with Gasteiger partial charge in [-0.15, -0.1) is 0 Å². The normalized spacial score (nSPS) is 22.8. The van der Waals surface area contributed by atoms with Crippen LogP contribution in [0.3, 0.4) is 0 Å². The first-order chi connectivity index (χ1) is 14.3. The van der Waals surface area contributed by atoms with E-state index in [0.29, 0.717) is 31.9 Å². The molecule has 0 spiro atoms. The van der Waals surface area contributed by atoms with Crippen molar-refractivity contribution in [2.24, 2.45) is 0 Å². The van der Waals surface area contributed by atoms with Crippen LogP contribution >= 0.6 is 0 Å². The molecule has 150 valence electrons. The van der Waals surface area contributed by atoms with Crippen LogP contribution in [0.4, 0.5) is 0 Å². The molecule has 0 N–H and O–H groups in total. The number of nitrogens with zero attached hydrogens (tertiary/aromatic N) is 5. The average Bonchev–Trinajstić information content (AvgIpc) is 2.80. The highest BCUT2D eigenvalue weighted by molar-refractivity contribution is 5.94. The van der Waals surface area contributed by atoms with Crippen molar-refractivity contribution in [2.75, 3.05) is 46.0 Å². The van der Waals surface area contributed by atoms with Gasteiger partial charge in [0.05, 0.1) is 37.5 Å². The second kappa shape index (κ2) is 9.09. The van der Waals surface area contributed by atoms with Gasteiger partial charge in [0.1, 0.15) is 11.8 Å². The highest BCUT2D eigenvalue weighted by atomic mass is 16.5. The Morgan fingerprint density at radius 3 is 2.72 bits per heavy atom. The second-order valence-electron chi connectivity index (χ2n) is 7.10. The molecule has 1 amide bonds. The van der Waals surface area contributed by atoms with Gasteiger partial charge >= 0.3 is 0 Å². The van der Waals surface area contributed by atoms with Gasteiger partial charge in [-0.2, -0.15) is 5.26 Å². The minimum absolute atomic E-state index is 0.119. The van der Waals surface area contributed by atoms with Crippen LogP contribution < -0.4 is 0 Å². The SMILES string of the molecule is N#Cc1ccc(C(=O)N2CCO[C@@H](CN3CCOCC3)[C@@H]2c2cccnc2)cn1. The third-order valence-corrected chi connectivity index (χ3v) is 5.31. The summed E-state index contributed by atoms with van der Waals surface area (Å²) in [5.41, 5.74) is 1.70. The molecule has 0 radical (unpaired) electrons. The summed E-state index contributed by atoms with van der Waals surface area (Å²) in [5, 5.41) is 8.95. The molecule has 4 rings (SSSR count). The standard InChI is InChI=1S/C21H23N5O3/c22-12-18-4-3-17(14-24-18)21(27)26-8-11-29-19(15-25-6-9-28-10-7-25)20(26)16-2-1-5-23-13-16/h1-5,13-14,19-20H,6-11,15H2/t19-,20-/m0/s1. The number of carbonyl (C=O) groups is 1. The van der Waals surface area contributed by atoms with E-state index in [4.69, 9.17) is 14.7 Å². The van der Waals surface area contributed by atoms with Crippen LogP contribution in [0.1, 0.15) is 27.7 Å². The van der Waals surface area contributed by atoms with E-state index in [-0.39, 0.29) is 23.7 Å². The van der Waals surface area contributed by atoms with Gasteiger partial charge in [0.2, 0.25) is 0 Å². The van der Waals surface area contributed by atoms with E-state index < -0.39 is 0 Å². The minimum Gasteiger partial charge on any atom is -0.379 e. The Hall–Kier alpha value is -2.86. The van der Waals surface area contributed by atoms with E-state index in [1.165, 1.54) is 6.20 Å². The Labute approximate surface area is 169 Å². The highest BCUT2D eigenvalue weighted by Crippen LogP contribution is 2.31. The number of hydrogen-bond donors (Lipinski definition) is 0. The van der Waals surface area contributed by atoms with E-state index in [1.807, 2.05) is 23.1 Å². The molecule has 2 fully saturated rings. The number of hydrogen-bond acceptors (Lipinski definition) is 7. The highest BCUT2D eigenvalue weighted by Gasteiger charge is 2.38. The summed E-state index contributed by atoms with van der Waals surface area (Å²) in [5.74, 6) is -0.119. The number of aromatic nitrogens is 2. The summed E-state index contributed by atoms with van der Waals surface area (Å²) in [6.07, 6.45) is 4.82. The summed E-state index contributed by atoms with van der Waals surface area (Å²) in [6, 6.07) is 8.81. The van der Waals surface area contributed by atoms with E-state index in [1.54, 1.807) is 24.5 Å².